The van der Waals surface area contributed by atoms with Crippen molar-refractivity contribution in [1.82, 2.24) is 9.97 Å². The lowest BCUT2D eigenvalue weighted by Crippen LogP contribution is -2.27. The van der Waals surface area contributed by atoms with Crippen LogP contribution in [0, 0.1) is 5.41 Å². The third-order valence-corrected chi connectivity index (χ3v) is 3.26. The van der Waals surface area contributed by atoms with Crippen LogP contribution in [-0.4, -0.2) is 15.9 Å². The predicted octanol–water partition coefficient (Wildman–Crippen LogP) is 5.34. The minimum atomic E-state index is -0.456. The van der Waals surface area contributed by atoms with Crippen LogP contribution >= 0.6 is 46.4 Å². The summed E-state index contributed by atoms with van der Waals surface area (Å²) in [6, 6.07) is 6.18. The predicted molar refractivity (Wildman–Crippen MR) is 101 cm³/mol. The minimum Gasteiger partial charge on any atom is -0.399 e. The summed E-state index contributed by atoms with van der Waals surface area (Å²) in [6.07, 6.45) is 0. The minimum absolute atomic E-state index is 0.0965. The largest absolute Gasteiger partial charge is 0.399 e. The van der Waals surface area contributed by atoms with E-state index in [2.05, 4.69) is 15.3 Å². The molecule has 0 bridgehead atoms. The molecular formula is C15H16Cl4N4O. The second-order valence-electron chi connectivity index (χ2n) is 5.75. The van der Waals surface area contributed by atoms with Gasteiger partial charge in [0.2, 0.25) is 5.91 Å². The maximum atomic E-state index is 11.6. The highest BCUT2D eigenvalue weighted by Crippen LogP contribution is 2.21. The molecule has 0 aliphatic rings. The molecule has 3 N–H and O–H groups in total. The lowest BCUT2D eigenvalue weighted by atomic mass is 9.95. The number of nitrogens with one attached hydrogen (secondary N) is 1. The van der Waals surface area contributed by atoms with E-state index in [4.69, 9.17) is 52.1 Å². The molecule has 0 aromatic carbocycles. The fourth-order valence-electron chi connectivity index (χ4n) is 1.34. The van der Waals surface area contributed by atoms with Gasteiger partial charge < -0.3 is 11.1 Å². The molecule has 0 aliphatic carbocycles. The van der Waals surface area contributed by atoms with Gasteiger partial charge in [0.15, 0.2) is 0 Å². The zero-order valence-electron chi connectivity index (χ0n) is 13.2. The molecule has 0 atom stereocenters. The van der Waals surface area contributed by atoms with Crippen LogP contribution in [0.1, 0.15) is 20.8 Å². The summed E-state index contributed by atoms with van der Waals surface area (Å²) >= 11 is 22.4. The Morgan fingerprint density at radius 3 is 1.62 bits per heavy atom. The summed E-state index contributed by atoms with van der Waals surface area (Å²) in [5.74, 6) is -0.0965. The van der Waals surface area contributed by atoms with Gasteiger partial charge in [0.05, 0.1) is 0 Å². The van der Waals surface area contributed by atoms with Crippen molar-refractivity contribution < 1.29 is 4.79 Å². The molecule has 0 unspecified atom stereocenters. The number of carbonyl (C=O) groups excluding carboxylic acids is 1. The summed E-state index contributed by atoms with van der Waals surface area (Å²) in [4.78, 5) is 19.1. The first kappa shape index (κ1) is 20.8. The highest BCUT2D eigenvalue weighted by molar-refractivity contribution is 6.33. The van der Waals surface area contributed by atoms with Crippen molar-refractivity contribution >= 4 is 63.7 Å². The van der Waals surface area contributed by atoms with Gasteiger partial charge in [-0.2, -0.15) is 0 Å². The number of aromatic nitrogens is 2. The van der Waals surface area contributed by atoms with Crippen molar-refractivity contribution in [2.45, 2.75) is 20.8 Å². The van der Waals surface area contributed by atoms with Crippen LogP contribution in [0.15, 0.2) is 24.3 Å². The number of nitrogens with two attached hydrogens (primary N) is 1. The smallest absolute Gasteiger partial charge is 0.229 e. The molecule has 9 heteroatoms. The van der Waals surface area contributed by atoms with E-state index in [9.17, 15) is 4.79 Å². The number of amides is 1. The fourth-order valence-corrected chi connectivity index (χ4v) is 2.28. The molecule has 24 heavy (non-hydrogen) atoms. The van der Waals surface area contributed by atoms with Gasteiger partial charge in [0, 0.05) is 16.8 Å². The second kappa shape index (κ2) is 8.72. The molecule has 2 aromatic heterocycles. The number of hydrogen-bond donors (Lipinski definition) is 2. The van der Waals surface area contributed by atoms with Gasteiger partial charge in [-0.15, -0.1) is 0 Å². The van der Waals surface area contributed by atoms with Crippen molar-refractivity contribution in [2.75, 3.05) is 11.1 Å². The average molecular weight is 410 g/mol. The molecule has 0 aliphatic heterocycles. The number of carbonyl (C=O) groups is 1. The second-order valence-corrected chi connectivity index (χ2v) is 7.30. The van der Waals surface area contributed by atoms with Gasteiger partial charge >= 0.3 is 0 Å². The molecule has 1 amide bonds. The van der Waals surface area contributed by atoms with E-state index in [0.29, 0.717) is 21.7 Å². The van der Waals surface area contributed by atoms with Crippen LogP contribution in [0.2, 0.25) is 20.6 Å². The van der Waals surface area contributed by atoms with E-state index in [1.54, 1.807) is 12.1 Å². The van der Waals surface area contributed by atoms with Crippen molar-refractivity contribution in [2.24, 2.45) is 5.41 Å². The quantitative estimate of drug-likeness (QED) is 0.622. The van der Waals surface area contributed by atoms with E-state index < -0.39 is 5.41 Å². The van der Waals surface area contributed by atoms with Gasteiger partial charge in [0.1, 0.15) is 20.6 Å². The summed E-state index contributed by atoms with van der Waals surface area (Å²) in [5, 5.41) is 3.87. The Kier molecular flexibility index (Phi) is 7.55. The van der Waals surface area contributed by atoms with Crippen molar-refractivity contribution in [3.63, 3.8) is 0 Å². The van der Waals surface area contributed by atoms with Crippen LogP contribution in [0.5, 0.6) is 0 Å². The molecule has 0 spiro atoms. The fraction of sp³-hybridized carbons (Fsp3) is 0.267. The molecule has 2 aromatic rings. The standard InChI is InChI=1S/C10H12Cl2N2O.C5H4Cl2N2/c1-10(2,3)9(15)13-6-4-7(11)14-8(12)5-6;6-4-1-3(8)2-5(7)9-4/h4-5H,1-3H3,(H,13,14,15);1-2H,(H2,8,9). The number of nitrogens with zero attached hydrogens (tertiary/aromatic N) is 2. The topological polar surface area (TPSA) is 80.9 Å². The van der Waals surface area contributed by atoms with Gasteiger partial charge in [-0.1, -0.05) is 67.2 Å². The Labute approximate surface area is 160 Å². The molecule has 0 fully saturated rings. The van der Waals surface area contributed by atoms with E-state index in [1.807, 2.05) is 20.8 Å². The van der Waals surface area contributed by atoms with Crippen LogP contribution in [-0.2, 0) is 4.79 Å². The first-order valence-electron chi connectivity index (χ1n) is 6.70. The Bertz CT molecular complexity index is 661. The van der Waals surface area contributed by atoms with E-state index >= 15 is 0 Å². The molecule has 2 heterocycles. The average Bonchev–Trinajstić information content (AvgIpc) is 2.34. The monoisotopic (exact) mass is 408 g/mol. The van der Waals surface area contributed by atoms with Crippen LogP contribution in [0.4, 0.5) is 11.4 Å². The van der Waals surface area contributed by atoms with Crippen molar-refractivity contribution in [1.29, 1.82) is 0 Å². The highest BCUT2D eigenvalue weighted by atomic mass is 35.5. The lowest BCUT2D eigenvalue weighted by Gasteiger charge is -2.17. The molecule has 0 saturated heterocycles. The molecule has 2 rings (SSSR count). The highest BCUT2D eigenvalue weighted by Gasteiger charge is 2.21. The summed E-state index contributed by atoms with van der Waals surface area (Å²) in [5.41, 5.74) is 5.98. The Hall–Kier alpha value is -1.27. The number of pyridine rings is 2. The normalized spacial score (nSPS) is 10.6. The Morgan fingerprint density at radius 1 is 0.917 bits per heavy atom. The maximum absolute atomic E-state index is 11.6. The van der Waals surface area contributed by atoms with Gasteiger partial charge in [-0.3, -0.25) is 4.79 Å². The molecular weight excluding hydrogens is 394 g/mol. The summed E-state index contributed by atoms with van der Waals surface area (Å²) in [6.45, 7) is 5.48. The molecule has 5 nitrogen and oxygen atoms in total. The number of rotatable bonds is 1. The van der Waals surface area contributed by atoms with Crippen LogP contribution < -0.4 is 11.1 Å². The zero-order chi connectivity index (χ0) is 18.5. The third-order valence-electron chi connectivity index (χ3n) is 2.49. The zero-order valence-corrected chi connectivity index (χ0v) is 16.2. The van der Waals surface area contributed by atoms with Gasteiger partial charge in [0.25, 0.3) is 0 Å². The van der Waals surface area contributed by atoms with Crippen LogP contribution in [0.3, 0.4) is 0 Å². The van der Waals surface area contributed by atoms with E-state index in [-0.39, 0.29) is 16.2 Å². The maximum Gasteiger partial charge on any atom is 0.229 e. The summed E-state index contributed by atoms with van der Waals surface area (Å²) < 4.78 is 0. The number of nitrogen functional groups attached to an aromatic ring is 1. The van der Waals surface area contributed by atoms with Gasteiger partial charge in [-0.25, -0.2) is 9.97 Å². The number of hydrogen-bond acceptors (Lipinski definition) is 4. The number of anilines is 2. The van der Waals surface area contributed by atoms with Crippen molar-refractivity contribution in [3.05, 3.63) is 44.9 Å². The molecule has 130 valence electrons. The third kappa shape index (κ3) is 7.53. The van der Waals surface area contributed by atoms with Crippen LogP contribution in [0.25, 0.3) is 0 Å². The molecule has 0 radical (unpaired) electrons. The van der Waals surface area contributed by atoms with Gasteiger partial charge in [-0.05, 0) is 24.3 Å². The lowest BCUT2D eigenvalue weighted by molar-refractivity contribution is -0.123. The first-order valence-corrected chi connectivity index (χ1v) is 8.21. The molecule has 0 saturated carbocycles. The SMILES string of the molecule is CC(C)(C)C(=O)Nc1cc(Cl)nc(Cl)c1.Nc1cc(Cl)nc(Cl)c1. The van der Waals surface area contributed by atoms with E-state index in [1.165, 1.54) is 12.1 Å². The summed E-state index contributed by atoms with van der Waals surface area (Å²) in [7, 11) is 0. The Balaban J connectivity index is 0.000000272. The first-order chi connectivity index (χ1) is 11.0. The van der Waals surface area contributed by atoms with E-state index in [0.717, 1.165) is 0 Å². The number of halogens is 4. The van der Waals surface area contributed by atoms with Crippen molar-refractivity contribution in [3.8, 4) is 0 Å². The Morgan fingerprint density at radius 2 is 1.29 bits per heavy atom.